The molecule has 1 unspecified atom stereocenters. The van der Waals surface area contributed by atoms with Crippen molar-refractivity contribution in [2.75, 3.05) is 6.54 Å². The molecule has 1 aliphatic carbocycles. The lowest BCUT2D eigenvalue weighted by molar-refractivity contribution is 0.0665. The Hall–Kier alpha value is -1.06. The van der Waals surface area contributed by atoms with Crippen molar-refractivity contribution in [1.82, 2.24) is 0 Å². The smallest absolute Gasteiger partial charge is 0.120 e. The molecule has 82 valence electrons. The van der Waals surface area contributed by atoms with Crippen LogP contribution in [0.5, 0.6) is 5.75 Å². The minimum atomic E-state index is -0.969. The van der Waals surface area contributed by atoms with Crippen LogP contribution in [-0.4, -0.2) is 17.8 Å². The number of rotatable bonds is 4. The molecule has 1 fully saturated rings. The second kappa shape index (κ2) is 3.83. The maximum atomic E-state index is 9.99. The normalized spacial score (nSPS) is 19.7. The minimum Gasteiger partial charge on any atom is -0.490 e. The van der Waals surface area contributed by atoms with Gasteiger partial charge in [0.2, 0.25) is 0 Å². The summed E-state index contributed by atoms with van der Waals surface area (Å²) >= 11 is 0. The van der Waals surface area contributed by atoms with Gasteiger partial charge in [0.1, 0.15) is 5.75 Å². The molecule has 15 heavy (non-hydrogen) atoms. The molecule has 0 spiro atoms. The van der Waals surface area contributed by atoms with Crippen LogP contribution in [-0.2, 0) is 5.60 Å². The Bertz CT molecular complexity index is 345. The summed E-state index contributed by atoms with van der Waals surface area (Å²) in [7, 11) is 0. The van der Waals surface area contributed by atoms with E-state index in [1.54, 1.807) is 6.92 Å². The van der Waals surface area contributed by atoms with E-state index >= 15 is 0 Å². The van der Waals surface area contributed by atoms with Crippen LogP contribution in [0.15, 0.2) is 24.3 Å². The Balaban J connectivity index is 2.17. The first-order chi connectivity index (χ1) is 7.12. The molecule has 1 atom stereocenters. The van der Waals surface area contributed by atoms with E-state index in [1.807, 2.05) is 24.3 Å². The Morgan fingerprint density at radius 3 is 2.87 bits per heavy atom. The molecule has 3 heteroatoms. The molecular formula is C12H17NO2. The van der Waals surface area contributed by atoms with E-state index in [2.05, 4.69) is 0 Å². The van der Waals surface area contributed by atoms with Gasteiger partial charge in [0, 0.05) is 6.54 Å². The maximum absolute atomic E-state index is 9.99. The Morgan fingerprint density at radius 2 is 2.27 bits per heavy atom. The predicted octanol–water partition coefficient (Wildman–Crippen LogP) is 1.39. The Labute approximate surface area is 89.9 Å². The summed E-state index contributed by atoms with van der Waals surface area (Å²) < 4.78 is 5.65. The van der Waals surface area contributed by atoms with Gasteiger partial charge in [-0.15, -0.1) is 0 Å². The average molecular weight is 207 g/mol. The molecule has 3 N–H and O–H groups in total. The summed E-state index contributed by atoms with van der Waals surface area (Å²) in [4.78, 5) is 0. The standard InChI is InChI=1S/C12H17NO2/c1-12(14,8-13)9-3-2-4-11(7-9)15-10-5-6-10/h2-4,7,10,14H,5-6,8,13H2,1H3. The second-order valence-electron chi connectivity index (χ2n) is 4.32. The van der Waals surface area contributed by atoms with Crippen molar-refractivity contribution >= 4 is 0 Å². The molecule has 1 aromatic rings. The van der Waals surface area contributed by atoms with Crippen LogP contribution >= 0.6 is 0 Å². The van der Waals surface area contributed by atoms with E-state index in [9.17, 15) is 5.11 Å². The zero-order valence-corrected chi connectivity index (χ0v) is 8.94. The molecule has 0 bridgehead atoms. The average Bonchev–Trinajstić information content (AvgIpc) is 3.02. The molecule has 0 radical (unpaired) electrons. The van der Waals surface area contributed by atoms with Gasteiger partial charge in [-0.2, -0.15) is 0 Å². The van der Waals surface area contributed by atoms with Crippen LogP contribution in [0.25, 0.3) is 0 Å². The van der Waals surface area contributed by atoms with Gasteiger partial charge in [-0.3, -0.25) is 0 Å². The van der Waals surface area contributed by atoms with Gasteiger partial charge >= 0.3 is 0 Å². The molecule has 0 aliphatic heterocycles. The molecule has 0 saturated heterocycles. The zero-order valence-electron chi connectivity index (χ0n) is 8.94. The maximum Gasteiger partial charge on any atom is 0.120 e. The highest BCUT2D eigenvalue weighted by molar-refractivity contribution is 5.32. The van der Waals surface area contributed by atoms with E-state index in [0.29, 0.717) is 6.10 Å². The van der Waals surface area contributed by atoms with Gasteiger partial charge in [-0.05, 0) is 37.5 Å². The van der Waals surface area contributed by atoms with Gasteiger partial charge in [0.25, 0.3) is 0 Å². The van der Waals surface area contributed by atoms with Crippen LogP contribution in [0.2, 0.25) is 0 Å². The molecule has 2 rings (SSSR count). The number of aliphatic hydroxyl groups is 1. The highest BCUT2D eigenvalue weighted by Crippen LogP contribution is 2.29. The predicted molar refractivity (Wildman–Crippen MR) is 58.7 cm³/mol. The number of ether oxygens (including phenoxy) is 1. The zero-order chi connectivity index (χ0) is 10.9. The summed E-state index contributed by atoms with van der Waals surface area (Å²) in [6, 6.07) is 7.53. The van der Waals surface area contributed by atoms with Crippen LogP contribution < -0.4 is 10.5 Å². The molecule has 0 aromatic heterocycles. The third-order valence-electron chi connectivity index (χ3n) is 2.68. The van der Waals surface area contributed by atoms with Gasteiger partial charge in [0.15, 0.2) is 0 Å². The van der Waals surface area contributed by atoms with Crippen molar-refractivity contribution in [2.45, 2.75) is 31.5 Å². The summed E-state index contributed by atoms with van der Waals surface area (Å²) in [5, 5.41) is 9.99. The van der Waals surface area contributed by atoms with Gasteiger partial charge in [-0.1, -0.05) is 12.1 Å². The van der Waals surface area contributed by atoms with Crippen molar-refractivity contribution < 1.29 is 9.84 Å². The van der Waals surface area contributed by atoms with Gasteiger partial charge in [0.05, 0.1) is 11.7 Å². The molecular weight excluding hydrogens is 190 g/mol. The highest BCUT2D eigenvalue weighted by Gasteiger charge is 2.25. The Kier molecular flexibility index (Phi) is 2.67. The lowest BCUT2D eigenvalue weighted by Gasteiger charge is -2.22. The SMILES string of the molecule is CC(O)(CN)c1cccc(OC2CC2)c1. The quantitative estimate of drug-likeness (QED) is 0.784. The van der Waals surface area contributed by atoms with Crippen molar-refractivity contribution in [2.24, 2.45) is 5.73 Å². The molecule has 0 amide bonds. The first-order valence-electron chi connectivity index (χ1n) is 5.31. The highest BCUT2D eigenvalue weighted by atomic mass is 16.5. The number of hydrogen-bond donors (Lipinski definition) is 2. The fourth-order valence-electron chi connectivity index (χ4n) is 1.40. The largest absolute Gasteiger partial charge is 0.490 e. The summed E-state index contributed by atoms with van der Waals surface area (Å²) in [5.74, 6) is 0.823. The molecule has 1 aromatic carbocycles. The van der Waals surface area contributed by atoms with Gasteiger partial charge in [-0.25, -0.2) is 0 Å². The number of nitrogens with two attached hydrogens (primary N) is 1. The van der Waals surface area contributed by atoms with Crippen LogP contribution in [0.3, 0.4) is 0 Å². The fraction of sp³-hybridized carbons (Fsp3) is 0.500. The summed E-state index contributed by atoms with van der Waals surface area (Å²) in [6.45, 7) is 1.92. The number of hydrogen-bond acceptors (Lipinski definition) is 3. The Morgan fingerprint density at radius 1 is 1.53 bits per heavy atom. The van der Waals surface area contributed by atoms with Gasteiger partial charge < -0.3 is 15.6 Å². The lowest BCUT2D eigenvalue weighted by Crippen LogP contribution is -2.31. The minimum absolute atomic E-state index is 0.208. The van der Waals surface area contributed by atoms with Crippen molar-refractivity contribution in [3.63, 3.8) is 0 Å². The van der Waals surface area contributed by atoms with E-state index in [-0.39, 0.29) is 6.54 Å². The third kappa shape index (κ3) is 2.49. The molecule has 3 nitrogen and oxygen atoms in total. The van der Waals surface area contributed by atoms with Crippen molar-refractivity contribution in [3.8, 4) is 5.75 Å². The fourth-order valence-corrected chi connectivity index (χ4v) is 1.40. The van der Waals surface area contributed by atoms with Crippen LogP contribution in [0, 0.1) is 0 Å². The van der Waals surface area contributed by atoms with Crippen LogP contribution in [0.1, 0.15) is 25.3 Å². The lowest BCUT2D eigenvalue weighted by atomic mass is 9.96. The third-order valence-corrected chi connectivity index (χ3v) is 2.68. The van der Waals surface area contributed by atoms with Crippen molar-refractivity contribution in [3.05, 3.63) is 29.8 Å². The van der Waals surface area contributed by atoms with E-state index in [4.69, 9.17) is 10.5 Å². The van der Waals surface area contributed by atoms with E-state index in [1.165, 1.54) is 0 Å². The van der Waals surface area contributed by atoms with Crippen LogP contribution in [0.4, 0.5) is 0 Å². The first kappa shape index (κ1) is 10.5. The van der Waals surface area contributed by atoms with E-state index < -0.39 is 5.60 Å². The second-order valence-corrected chi connectivity index (χ2v) is 4.32. The van der Waals surface area contributed by atoms with E-state index in [0.717, 1.165) is 24.2 Å². The molecule has 1 aliphatic rings. The monoisotopic (exact) mass is 207 g/mol. The summed E-state index contributed by atoms with van der Waals surface area (Å²) in [5.41, 5.74) is 5.35. The summed E-state index contributed by atoms with van der Waals surface area (Å²) in [6.07, 6.45) is 2.65. The molecule has 1 saturated carbocycles. The molecule has 0 heterocycles. The van der Waals surface area contributed by atoms with Crippen molar-refractivity contribution in [1.29, 1.82) is 0 Å². The topological polar surface area (TPSA) is 55.5 Å². The number of benzene rings is 1. The first-order valence-corrected chi connectivity index (χ1v) is 5.31.